The van der Waals surface area contributed by atoms with E-state index in [9.17, 15) is 9.90 Å². The van der Waals surface area contributed by atoms with Gasteiger partial charge in [-0.05, 0) is 12.2 Å². The summed E-state index contributed by atoms with van der Waals surface area (Å²) in [6.07, 6.45) is 1.87. The first-order chi connectivity index (χ1) is 5.47. The lowest BCUT2D eigenvalue weighted by Crippen LogP contribution is -2.48. The standard InChI is InChI=1S/C7H7ClO4/c8-4-1-2-5(9)7(12,3-4)6(10)11/h1-3,5,9,12H,(H,10,11)/t5-,7+/m0/s1. The number of hydrogen-bond donors (Lipinski definition) is 3. The molecule has 0 amide bonds. The van der Waals surface area contributed by atoms with Gasteiger partial charge in [0, 0.05) is 5.03 Å². The number of aliphatic carboxylic acids is 1. The molecule has 5 heteroatoms. The molecule has 0 spiro atoms. The summed E-state index contributed by atoms with van der Waals surface area (Å²) in [6.45, 7) is 0. The van der Waals surface area contributed by atoms with Gasteiger partial charge in [0.1, 0.15) is 6.10 Å². The van der Waals surface area contributed by atoms with Crippen molar-refractivity contribution in [2.75, 3.05) is 0 Å². The summed E-state index contributed by atoms with van der Waals surface area (Å²) < 4.78 is 0. The van der Waals surface area contributed by atoms with Crippen LogP contribution in [-0.4, -0.2) is 33.0 Å². The Hall–Kier alpha value is -0.840. The van der Waals surface area contributed by atoms with Crippen molar-refractivity contribution in [3.05, 3.63) is 23.3 Å². The second-order valence-corrected chi connectivity index (χ2v) is 2.90. The van der Waals surface area contributed by atoms with Crippen LogP contribution in [0.4, 0.5) is 0 Å². The number of aliphatic hydroxyl groups excluding tert-OH is 1. The van der Waals surface area contributed by atoms with Gasteiger partial charge in [-0.25, -0.2) is 4.79 Å². The molecule has 0 unspecified atom stereocenters. The second-order valence-electron chi connectivity index (χ2n) is 2.46. The minimum atomic E-state index is -2.30. The third-order valence-electron chi connectivity index (χ3n) is 1.59. The first-order valence-corrected chi connectivity index (χ1v) is 3.55. The number of allylic oxidation sites excluding steroid dienone is 2. The van der Waals surface area contributed by atoms with Crippen LogP contribution in [-0.2, 0) is 4.79 Å². The molecule has 0 aliphatic heterocycles. The van der Waals surface area contributed by atoms with Gasteiger partial charge >= 0.3 is 5.97 Å². The van der Waals surface area contributed by atoms with E-state index in [1.165, 1.54) is 6.08 Å². The van der Waals surface area contributed by atoms with Crippen LogP contribution in [0.3, 0.4) is 0 Å². The number of halogens is 1. The lowest BCUT2D eigenvalue weighted by Gasteiger charge is -2.25. The van der Waals surface area contributed by atoms with Crippen molar-refractivity contribution in [1.82, 2.24) is 0 Å². The summed E-state index contributed by atoms with van der Waals surface area (Å²) in [5, 5.41) is 27.0. The van der Waals surface area contributed by atoms with E-state index in [0.717, 1.165) is 12.2 Å². The molecule has 0 fully saturated rings. The maximum atomic E-state index is 10.5. The van der Waals surface area contributed by atoms with E-state index in [4.69, 9.17) is 21.8 Å². The molecule has 0 radical (unpaired) electrons. The van der Waals surface area contributed by atoms with Gasteiger partial charge in [-0.15, -0.1) is 0 Å². The van der Waals surface area contributed by atoms with Crippen LogP contribution in [0.5, 0.6) is 0 Å². The van der Waals surface area contributed by atoms with E-state index in [1.54, 1.807) is 0 Å². The van der Waals surface area contributed by atoms with Gasteiger partial charge in [-0.1, -0.05) is 17.7 Å². The van der Waals surface area contributed by atoms with Gasteiger partial charge in [0.25, 0.3) is 0 Å². The Balaban J connectivity index is 3.05. The van der Waals surface area contributed by atoms with Gasteiger partial charge in [0.05, 0.1) is 0 Å². The summed E-state index contributed by atoms with van der Waals surface area (Å²) in [7, 11) is 0. The molecule has 3 N–H and O–H groups in total. The van der Waals surface area contributed by atoms with Crippen LogP contribution in [0, 0.1) is 0 Å². The Bertz CT molecular complexity index is 271. The van der Waals surface area contributed by atoms with Crippen LogP contribution in [0.25, 0.3) is 0 Å². The fourth-order valence-corrected chi connectivity index (χ4v) is 1.10. The average Bonchev–Trinajstić information content (AvgIpc) is 1.97. The van der Waals surface area contributed by atoms with E-state index in [1.807, 2.05) is 0 Å². The lowest BCUT2D eigenvalue weighted by molar-refractivity contribution is -0.160. The third kappa shape index (κ3) is 1.36. The summed E-state index contributed by atoms with van der Waals surface area (Å²) in [5.74, 6) is -1.53. The first kappa shape index (κ1) is 9.25. The maximum absolute atomic E-state index is 10.5. The van der Waals surface area contributed by atoms with Crippen molar-refractivity contribution in [2.45, 2.75) is 11.7 Å². The second kappa shape index (κ2) is 2.90. The van der Waals surface area contributed by atoms with E-state index in [-0.39, 0.29) is 5.03 Å². The topological polar surface area (TPSA) is 77.8 Å². The van der Waals surface area contributed by atoms with Crippen molar-refractivity contribution in [2.24, 2.45) is 0 Å². The Morgan fingerprint density at radius 3 is 2.67 bits per heavy atom. The lowest BCUT2D eigenvalue weighted by atomic mass is 9.92. The highest BCUT2D eigenvalue weighted by Crippen LogP contribution is 2.23. The minimum absolute atomic E-state index is 0.0881. The molecule has 4 nitrogen and oxygen atoms in total. The van der Waals surface area contributed by atoms with Gasteiger partial charge in [-0.2, -0.15) is 0 Å². The van der Waals surface area contributed by atoms with Crippen LogP contribution < -0.4 is 0 Å². The normalized spacial score (nSPS) is 34.6. The predicted octanol–water partition coefficient (Wildman–Crippen LogP) is -0.144. The third-order valence-corrected chi connectivity index (χ3v) is 1.82. The Labute approximate surface area is 73.4 Å². The van der Waals surface area contributed by atoms with E-state index in [0.29, 0.717) is 0 Å². The zero-order chi connectivity index (χ0) is 9.35. The van der Waals surface area contributed by atoms with Gasteiger partial charge < -0.3 is 15.3 Å². The fraction of sp³-hybridized carbons (Fsp3) is 0.286. The van der Waals surface area contributed by atoms with Crippen LogP contribution in [0.1, 0.15) is 0 Å². The number of aliphatic hydroxyl groups is 2. The fourth-order valence-electron chi connectivity index (χ4n) is 0.862. The summed E-state index contributed by atoms with van der Waals surface area (Å²) in [5.41, 5.74) is -2.30. The monoisotopic (exact) mass is 190 g/mol. The van der Waals surface area contributed by atoms with E-state index >= 15 is 0 Å². The molecule has 1 rings (SSSR count). The highest BCUT2D eigenvalue weighted by molar-refractivity contribution is 6.31. The molecule has 2 atom stereocenters. The first-order valence-electron chi connectivity index (χ1n) is 3.17. The largest absolute Gasteiger partial charge is 0.479 e. The Morgan fingerprint density at radius 2 is 2.25 bits per heavy atom. The van der Waals surface area contributed by atoms with Crippen LogP contribution in [0.2, 0.25) is 0 Å². The molecule has 0 aromatic heterocycles. The summed E-state index contributed by atoms with van der Waals surface area (Å²) in [4.78, 5) is 10.5. The summed E-state index contributed by atoms with van der Waals surface area (Å²) >= 11 is 5.45. The van der Waals surface area contributed by atoms with Crippen molar-refractivity contribution < 1.29 is 20.1 Å². The molecular formula is C7H7ClO4. The summed E-state index contributed by atoms with van der Waals surface area (Å²) in [6, 6.07) is 0. The molecule has 0 heterocycles. The molecule has 0 aromatic rings. The molecule has 0 aromatic carbocycles. The number of carboxylic acid groups (broad SMARTS) is 1. The number of carboxylic acids is 1. The minimum Gasteiger partial charge on any atom is -0.479 e. The van der Waals surface area contributed by atoms with Gasteiger partial charge in [-0.3, -0.25) is 0 Å². The number of hydrogen-bond acceptors (Lipinski definition) is 3. The van der Waals surface area contributed by atoms with Crippen LogP contribution >= 0.6 is 11.6 Å². The molecule has 0 saturated heterocycles. The maximum Gasteiger partial charge on any atom is 0.342 e. The molecular weight excluding hydrogens is 184 g/mol. The highest BCUT2D eigenvalue weighted by Gasteiger charge is 2.42. The highest BCUT2D eigenvalue weighted by atomic mass is 35.5. The van der Waals surface area contributed by atoms with E-state index in [2.05, 4.69) is 0 Å². The SMILES string of the molecule is O=C(O)[C@@]1(O)C=C(Cl)C=C[C@@H]1O. The Morgan fingerprint density at radius 1 is 1.67 bits per heavy atom. The smallest absolute Gasteiger partial charge is 0.342 e. The van der Waals surface area contributed by atoms with Crippen molar-refractivity contribution in [1.29, 1.82) is 0 Å². The molecule has 12 heavy (non-hydrogen) atoms. The van der Waals surface area contributed by atoms with Crippen molar-refractivity contribution in [3.63, 3.8) is 0 Å². The van der Waals surface area contributed by atoms with Gasteiger partial charge in [0.2, 0.25) is 5.60 Å². The average molecular weight is 191 g/mol. The Kier molecular flexibility index (Phi) is 2.23. The zero-order valence-electron chi connectivity index (χ0n) is 5.94. The molecule has 1 aliphatic rings. The number of rotatable bonds is 1. The van der Waals surface area contributed by atoms with Crippen molar-refractivity contribution in [3.8, 4) is 0 Å². The molecule has 66 valence electrons. The quantitative estimate of drug-likeness (QED) is 0.538. The van der Waals surface area contributed by atoms with Gasteiger partial charge in [0.15, 0.2) is 0 Å². The molecule has 0 saturated carbocycles. The van der Waals surface area contributed by atoms with Crippen LogP contribution in [0.15, 0.2) is 23.3 Å². The van der Waals surface area contributed by atoms with E-state index < -0.39 is 17.7 Å². The molecule has 1 aliphatic carbocycles. The van der Waals surface area contributed by atoms with Crippen molar-refractivity contribution >= 4 is 17.6 Å². The number of carbonyl (C=O) groups is 1. The molecule has 0 bridgehead atoms. The predicted molar refractivity (Wildman–Crippen MR) is 41.7 cm³/mol. The zero-order valence-corrected chi connectivity index (χ0v) is 6.69.